The second kappa shape index (κ2) is 14.4. The molecule has 290 valence electrons. The molecule has 14 nitrogen and oxygen atoms in total. The van der Waals surface area contributed by atoms with Crippen molar-refractivity contribution >= 4 is 44.9 Å². The molecular weight excluding hydrogens is 713 g/mol. The van der Waals surface area contributed by atoms with Gasteiger partial charge in [-0.15, -0.1) is 0 Å². The number of rotatable bonds is 3. The summed E-state index contributed by atoms with van der Waals surface area (Å²) < 4.78 is 39.9. The van der Waals surface area contributed by atoms with E-state index in [1.54, 1.807) is 6.92 Å². The van der Waals surface area contributed by atoms with Gasteiger partial charge in [0.15, 0.2) is 0 Å². The average Bonchev–Trinajstić information content (AvgIpc) is 4.10. The second-order valence-electron chi connectivity index (χ2n) is 16.4. The highest BCUT2D eigenvalue weighted by molar-refractivity contribution is 7.91. The minimum Gasteiger partial charge on any atom is -0.471 e. The normalized spacial score (nSPS) is 33.4. The first-order chi connectivity index (χ1) is 25.9. The molecule has 3 bridgehead atoms. The maximum atomic E-state index is 14.6. The Balaban J connectivity index is 1.12. The first kappa shape index (κ1) is 36.7. The van der Waals surface area contributed by atoms with Crippen molar-refractivity contribution in [2.24, 2.45) is 11.8 Å². The molecule has 4 heterocycles. The Morgan fingerprint density at radius 1 is 0.963 bits per heavy atom. The van der Waals surface area contributed by atoms with E-state index in [0.717, 1.165) is 50.5 Å². The molecule has 0 spiro atoms. The lowest BCUT2D eigenvalue weighted by molar-refractivity contribution is -0.141. The quantitative estimate of drug-likeness (QED) is 0.387. The highest BCUT2D eigenvalue weighted by Gasteiger charge is 2.63. The zero-order valence-electron chi connectivity index (χ0n) is 30.8. The van der Waals surface area contributed by atoms with Crippen molar-refractivity contribution in [2.45, 2.75) is 138 Å². The Bertz CT molecular complexity index is 1970. The summed E-state index contributed by atoms with van der Waals surface area (Å²) in [7, 11) is -3.97. The number of hydrogen-bond acceptors (Lipinski definition) is 10. The Labute approximate surface area is 315 Å². The summed E-state index contributed by atoms with van der Waals surface area (Å²) in [6.07, 6.45) is 12.1. The van der Waals surface area contributed by atoms with E-state index in [9.17, 15) is 27.6 Å². The average molecular weight is 763 g/mol. The van der Waals surface area contributed by atoms with Crippen LogP contribution in [-0.2, 0) is 35.6 Å². The van der Waals surface area contributed by atoms with Gasteiger partial charge in [0.2, 0.25) is 27.7 Å². The van der Waals surface area contributed by atoms with Crippen molar-refractivity contribution in [3.05, 3.63) is 42.1 Å². The van der Waals surface area contributed by atoms with E-state index in [-0.39, 0.29) is 31.4 Å². The van der Waals surface area contributed by atoms with Crippen LogP contribution in [0.2, 0.25) is 0 Å². The number of ether oxygens (including phenoxy) is 2. The van der Waals surface area contributed by atoms with Crippen molar-refractivity contribution in [3.8, 4) is 5.88 Å². The summed E-state index contributed by atoms with van der Waals surface area (Å²) >= 11 is 0. The van der Waals surface area contributed by atoms with Gasteiger partial charge in [0, 0.05) is 12.3 Å². The molecule has 2 aromatic rings. The summed E-state index contributed by atoms with van der Waals surface area (Å²) in [5, 5.41) is 5.75. The Kier molecular flexibility index (Phi) is 9.80. The van der Waals surface area contributed by atoms with Crippen LogP contribution in [0.1, 0.15) is 103 Å². The fourth-order valence-electron chi connectivity index (χ4n) is 8.24. The fourth-order valence-corrected chi connectivity index (χ4v) is 9.55. The standard InChI is InChI=1S/C39H50N6O8S/c1-38(18-19-38)54(50,51)44-36(48)39-22-25(39)13-7-3-2-4-8-17-30-35(47)45-23-26(21-31(45)33(46)43-39)52-34-29(40-27-14-10-11-15-28(27)41-34)16-9-5-6-12-24-20-32(24)53-37(49)42-30/h7,10-11,13-15,24-26,30-32H,2-6,8-9,12,16-23H2,1H3,(H,42,49)(H,43,46)(H,44,48)/b13-7-/t24-,25-,26-,30+,31?,32-,39-/m1/s1. The third-order valence-electron chi connectivity index (χ3n) is 12.3. The summed E-state index contributed by atoms with van der Waals surface area (Å²) in [5.41, 5.74) is 0.632. The molecule has 3 aliphatic heterocycles. The predicted molar refractivity (Wildman–Crippen MR) is 197 cm³/mol. The van der Waals surface area contributed by atoms with Crippen molar-refractivity contribution in [2.75, 3.05) is 6.54 Å². The molecule has 1 aromatic carbocycles. The van der Waals surface area contributed by atoms with Gasteiger partial charge in [-0.2, -0.15) is 0 Å². The van der Waals surface area contributed by atoms with Gasteiger partial charge in [-0.3, -0.25) is 19.1 Å². The molecule has 54 heavy (non-hydrogen) atoms. The van der Waals surface area contributed by atoms with Crippen LogP contribution in [0.15, 0.2) is 36.4 Å². The smallest absolute Gasteiger partial charge is 0.408 e. The molecule has 8 rings (SSSR count). The minimum atomic E-state index is -3.97. The zero-order chi connectivity index (χ0) is 37.7. The number of alkyl carbamates (subject to hydrolysis) is 1. The minimum absolute atomic E-state index is 0.0258. The highest BCUT2D eigenvalue weighted by Crippen LogP contribution is 2.47. The number of nitrogens with zero attached hydrogens (tertiary/aromatic N) is 3. The van der Waals surface area contributed by atoms with Gasteiger partial charge >= 0.3 is 6.09 Å². The lowest BCUT2D eigenvalue weighted by Gasteiger charge is -2.30. The molecular formula is C39H50N6O8S. The van der Waals surface area contributed by atoms with Gasteiger partial charge < -0.3 is 25.0 Å². The zero-order valence-corrected chi connectivity index (χ0v) is 31.6. The number of nitrogens with one attached hydrogen (secondary N) is 3. The van der Waals surface area contributed by atoms with Crippen molar-refractivity contribution < 1.29 is 37.1 Å². The maximum Gasteiger partial charge on any atom is 0.408 e. The third kappa shape index (κ3) is 7.52. The summed E-state index contributed by atoms with van der Waals surface area (Å²) in [4.78, 5) is 67.3. The number of aryl methyl sites for hydroxylation is 1. The van der Waals surface area contributed by atoms with E-state index < -0.39 is 68.2 Å². The number of hydrogen-bond donors (Lipinski definition) is 3. The molecule has 4 amide bonds. The molecule has 3 saturated carbocycles. The number of carbonyl (C=O) groups excluding carboxylic acids is 4. The van der Waals surface area contributed by atoms with Gasteiger partial charge in [0.25, 0.3) is 5.91 Å². The van der Waals surface area contributed by atoms with Gasteiger partial charge in [-0.25, -0.2) is 23.2 Å². The van der Waals surface area contributed by atoms with Crippen LogP contribution in [0.5, 0.6) is 5.88 Å². The van der Waals surface area contributed by atoms with Crippen LogP contribution in [0.4, 0.5) is 4.79 Å². The lowest BCUT2D eigenvalue weighted by atomic mass is 10.0. The molecule has 1 unspecified atom stereocenters. The topological polar surface area (TPSA) is 186 Å². The molecule has 15 heteroatoms. The van der Waals surface area contributed by atoms with Gasteiger partial charge in [-0.1, -0.05) is 50.0 Å². The SMILES string of the molecule is CC1(S(=O)(=O)NC(=O)[C@@]23C[C@H]2/C=C\CCCCC[C@@H]2NC(=O)O[C@@H]4C[C@H]4CCCCCc4nc5ccccc5nc4O[C@@H]4CC(C(=O)N3)N(C4)C2=O)CC1. The summed E-state index contributed by atoms with van der Waals surface area (Å²) in [6, 6.07) is 5.54. The molecule has 1 saturated heterocycles. The number of benzene rings is 1. The molecule has 1 aromatic heterocycles. The first-order valence-corrected chi connectivity index (χ1v) is 21.2. The number of para-hydroxylation sites is 2. The monoisotopic (exact) mass is 762 g/mol. The Morgan fingerprint density at radius 2 is 1.72 bits per heavy atom. The van der Waals surface area contributed by atoms with Gasteiger partial charge in [0.1, 0.15) is 35.5 Å². The summed E-state index contributed by atoms with van der Waals surface area (Å²) in [5.74, 6) is -1.59. The number of allylic oxidation sites excluding steroid dienone is 1. The van der Waals surface area contributed by atoms with Crippen LogP contribution < -0.4 is 20.1 Å². The molecule has 7 atom stereocenters. The third-order valence-corrected chi connectivity index (χ3v) is 14.4. The van der Waals surface area contributed by atoms with E-state index in [4.69, 9.17) is 19.4 Å². The molecule has 4 fully saturated rings. The van der Waals surface area contributed by atoms with Gasteiger partial charge in [-0.05, 0) is 89.2 Å². The molecule has 3 aliphatic carbocycles. The Morgan fingerprint density at radius 3 is 2.52 bits per heavy atom. The predicted octanol–water partition coefficient (Wildman–Crippen LogP) is 3.97. The van der Waals surface area contributed by atoms with Crippen LogP contribution in [0, 0.1) is 11.8 Å². The van der Waals surface area contributed by atoms with E-state index in [1.807, 2.05) is 36.4 Å². The van der Waals surface area contributed by atoms with Crippen molar-refractivity contribution in [1.29, 1.82) is 0 Å². The number of amides is 4. The van der Waals surface area contributed by atoms with Crippen molar-refractivity contribution in [3.63, 3.8) is 0 Å². The van der Waals surface area contributed by atoms with Crippen molar-refractivity contribution in [1.82, 2.24) is 30.2 Å². The number of fused-ring (bicyclic) bond motifs is 6. The number of sulfonamides is 1. The second-order valence-corrected chi connectivity index (χ2v) is 18.6. The van der Waals surface area contributed by atoms with Crippen LogP contribution >= 0.6 is 0 Å². The van der Waals surface area contributed by atoms with E-state index in [0.29, 0.717) is 55.6 Å². The van der Waals surface area contributed by atoms with Crippen LogP contribution in [0.25, 0.3) is 11.0 Å². The molecule has 3 N–H and O–H groups in total. The lowest BCUT2D eigenvalue weighted by Crippen LogP contribution is -2.58. The number of carbonyl (C=O) groups is 4. The fraction of sp³-hybridized carbons (Fsp3) is 0.641. The Hall–Kier alpha value is -4.27. The number of aromatic nitrogens is 2. The molecule has 6 aliphatic rings. The van der Waals surface area contributed by atoms with E-state index >= 15 is 0 Å². The largest absolute Gasteiger partial charge is 0.471 e. The van der Waals surface area contributed by atoms with Crippen LogP contribution in [0.3, 0.4) is 0 Å². The van der Waals surface area contributed by atoms with Crippen LogP contribution in [-0.4, -0.2) is 88.2 Å². The van der Waals surface area contributed by atoms with E-state index in [1.165, 1.54) is 4.90 Å². The highest BCUT2D eigenvalue weighted by atomic mass is 32.2. The van der Waals surface area contributed by atoms with Gasteiger partial charge in [0.05, 0.1) is 22.3 Å². The first-order valence-electron chi connectivity index (χ1n) is 19.7. The molecule has 0 radical (unpaired) electrons. The van der Waals surface area contributed by atoms with E-state index in [2.05, 4.69) is 15.4 Å². The summed E-state index contributed by atoms with van der Waals surface area (Å²) in [6.45, 7) is 1.63. The maximum absolute atomic E-state index is 14.6.